The van der Waals surface area contributed by atoms with Crippen LogP contribution in [0.2, 0.25) is 0 Å². The number of fused-ring (bicyclic) bond motifs is 1. The lowest BCUT2D eigenvalue weighted by Crippen LogP contribution is -1.92. The molecule has 0 amide bonds. The van der Waals surface area contributed by atoms with Crippen molar-refractivity contribution in [2.45, 2.75) is 20.3 Å². The number of nitrogens with two attached hydrogens (primary N) is 1. The van der Waals surface area contributed by atoms with E-state index >= 15 is 0 Å². The summed E-state index contributed by atoms with van der Waals surface area (Å²) < 4.78 is 2.04. The molecule has 2 N–H and O–H groups in total. The van der Waals surface area contributed by atoms with Gasteiger partial charge in [0, 0.05) is 17.5 Å². The topological polar surface area (TPSA) is 43.3 Å². The van der Waals surface area contributed by atoms with Gasteiger partial charge in [0.1, 0.15) is 0 Å². The molecule has 3 heteroatoms. The third kappa shape index (κ3) is 1.87. The summed E-state index contributed by atoms with van der Waals surface area (Å²) in [5.41, 5.74) is 12.1. The highest BCUT2D eigenvalue weighted by Gasteiger charge is 2.11. The number of nitrogen functional groups attached to an aromatic ring is 1. The van der Waals surface area contributed by atoms with E-state index in [1.54, 1.807) is 0 Å². The Bertz CT molecular complexity index is 724. The van der Waals surface area contributed by atoms with Crippen LogP contribution in [0.4, 0.5) is 5.69 Å². The van der Waals surface area contributed by atoms with Gasteiger partial charge in [-0.2, -0.15) is 0 Å². The van der Waals surface area contributed by atoms with Gasteiger partial charge in [-0.3, -0.25) is 0 Å². The van der Waals surface area contributed by atoms with Crippen molar-refractivity contribution in [3.8, 4) is 11.3 Å². The van der Waals surface area contributed by atoms with Crippen molar-refractivity contribution in [1.82, 2.24) is 9.38 Å². The second-order valence-corrected chi connectivity index (χ2v) is 4.75. The van der Waals surface area contributed by atoms with Gasteiger partial charge in [0.2, 0.25) is 0 Å². The van der Waals surface area contributed by atoms with E-state index in [-0.39, 0.29) is 0 Å². The summed E-state index contributed by atoms with van der Waals surface area (Å²) in [5, 5.41) is 0. The second kappa shape index (κ2) is 4.43. The zero-order chi connectivity index (χ0) is 13.4. The van der Waals surface area contributed by atoms with E-state index < -0.39 is 0 Å². The molecule has 0 aliphatic rings. The van der Waals surface area contributed by atoms with Crippen molar-refractivity contribution in [2.24, 2.45) is 0 Å². The molecule has 0 aliphatic carbocycles. The number of imidazole rings is 1. The van der Waals surface area contributed by atoms with E-state index in [2.05, 4.69) is 43.1 Å². The van der Waals surface area contributed by atoms with Crippen LogP contribution in [0, 0.1) is 6.92 Å². The molecule has 0 unspecified atom stereocenters. The Morgan fingerprint density at radius 1 is 1.16 bits per heavy atom. The Hall–Kier alpha value is -2.29. The fraction of sp³-hybridized carbons (Fsp3) is 0.188. The van der Waals surface area contributed by atoms with Crippen molar-refractivity contribution in [3.63, 3.8) is 0 Å². The van der Waals surface area contributed by atoms with Gasteiger partial charge in [0.05, 0.1) is 11.4 Å². The van der Waals surface area contributed by atoms with E-state index in [9.17, 15) is 0 Å². The zero-order valence-corrected chi connectivity index (χ0v) is 11.2. The zero-order valence-electron chi connectivity index (χ0n) is 11.2. The Kier molecular flexibility index (Phi) is 2.75. The number of rotatable bonds is 2. The van der Waals surface area contributed by atoms with Crippen LogP contribution in [0.25, 0.3) is 16.9 Å². The first-order chi connectivity index (χ1) is 9.20. The number of anilines is 1. The van der Waals surface area contributed by atoms with Crippen LogP contribution in [-0.2, 0) is 6.42 Å². The number of aromatic nitrogens is 2. The molecule has 96 valence electrons. The van der Waals surface area contributed by atoms with Crippen molar-refractivity contribution in [2.75, 3.05) is 5.73 Å². The number of hydrogen-bond acceptors (Lipinski definition) is 2. The highest BCUT2D eigenvalue weighted by molar-refractivity contribution is 5.73. The van der Waals surface area contributed by atoms with E-state index in [1.165, 1.54) is 5.56 Å². The van der Waals surface area contributed by atoms with Crippen LogP contribution in [0.15, 0.2) is 42.6 Å². The van der Waals surface area contributed by atoms with Gasteiger partial charge < -0.3 is 10.1 Å². The number of pyridine rings is 1. The summed E-state index contributed by atoms with van der Waals surface area (Å²) >= 11 is 0. The number of hydrogen-bond donors (Lipinski definition) is 1. The van der Waals surface area contributed by atoms with E-state index in [0.717, 1.165) is 29.0 Å². The summed E-state index contributed by atoms with van der Waals surface area (Å²) in [6.07, 6.45) is 3.05. The van der Waals surface area contributed by atoms with E-state index in [0.29, 0.717) is 5.69 Å². The molecule has 0 saturated carbocycles. The van der Waals surface area contributed by atoms with Gasteiger partial charge in [-0.25, -0.2) is 4.98 Å². The average molecular weight is 251 g/mol. The second-order valence-electron chi connectivity index (χ2n) is 4.75. The molecular weight excluding hydrogens is 234 g/mol. The first kappa shape index (κ1) is 11.8. The van der Waals surface area contributed by atoms with Crippen molar-refractivity contribution in [1.29, 1.82) is 0 Å². The number of nitrogens with zero attached hydrogens (tertiary/aromatic N) is 2. The predicted molar refractivity (Wildman–Crippen MR) is 79.2 cm³/mol. The summed E-state index contributed by atoms with van der Waals surface area (Å²) in [5.74, 6) is 0. The first-order valence-corrected chi connectivity index (χ1v) is 6.53. The third-order valence-corrected chi connectivity index (χ3v) is 3.55. The van der Waals surface area contributed by atoms with Crippen molar-refractivity contribution < 1.29 is 0 Å². The standard InChI is InChI=1S/C16H17N3/c1-3-12-6-8-13(9-7-12)15-11(2)19-10-4-5-14(17)16(19)18-15/h4-10H,3,17H2,1-2H3. The monoisotopic (exact) mass is 251 g/mol. The predicted octanol–water partition coefficient (Wildman–Crippen LogP) is 3.45. The third-order valence-electron chi connectivity index (χ3n) is 3.55. The van der Waals surface area contributed by atoms with Crippen LogP contribution in [0.1, 0.15) is 18.2 Å². The minimum atomic E-state index is 0.710. The Morgan fingerprint density at radius 2 is 1.89 bits per heavy atom. The van der Waals surface area contributed by atoms with Crippen LogP contribution in [-0.4, -0.2) is 9.38 Å². The van der Waals surface area contributed by atoms with Crippen molar-refractivity contribution >= 4 is 11.3 Å². The van der Waals surface area contributed by atoms with Crippen LogP contribution >= 0.6 is 0 Å². The van der Waals surface area contributed by atoms with Gasteiger partial charge in [0.15, 0.2) is 5.65 Å². The molecule has 2 aromatic heterocycles. The Morgan fingerprint density at radius 3 is 2.53 bits per heavy atom. The maximum atomic E-state index is 5.98. The van der Waals surface area contributed by atoms with Gasteiger partial charge >= 0.3 is 0 Å². The summed E-state index contributed by atoms with van der Waals surface area (Å²) in [6, 6.07) is 12.4. The summed E-state index contributed by atoms with van der Waals surface area (Å²) in [7, 11) is 0. The highest BCUT2D eigenvalue weighted by atomic mass is 15.0. The number of aryl methyl sites for hydroxylation is 2. The average Bonchev–Trinajstić information content (AvgIpc) is 2.78. The molecule has 19 heavy (non-hydrogen) atoms. The molecule has 3 rings (SSSR count). The normalized spacial score (nSPS) is 11.1. The van der Waals surface area contributed by atoms with Gasteiger partial charge in [-0.15, -0.1) is 0 Å². The largest absolute Gasteiger partial charge is 0.396 e. The molecule has 0 spiro atoms. The lowest BCUT2D eigenvalue weighted by atomic mass is 10.1. The minimum Gasteiger partial charge on any atom is -0.396 e. The molecule has 0 saturated heterocycles. The van der Waals surface area contributed by atoms with Crippen molar-refractivity contribution in [3.05, 3.63) is 53.9 Å². The molecule has 1 aromatic carbocycles. The fourth-order valence-electron chi connectivity index (χ4n) is 2.38. The number of benzene rings is 1. The summed E-state index contributed by atoms with van der Waals surface area (Å²) in [4.78, 5) is 4.68. The maximum absolute atomic E-state index is 5.98. The smallest absolute Gasteiger partial charge is 0.160 e. The molecule has 0 bridgehead atoms. The molecular formula is C16H17N3. The molecule has 0 radical (unpaired) electrons. The van der Waals surface area contributed by atoms with Crippen LogP contribution < -0.4 is 5.73 Å². The van der Waals surface area contributed by atoms with E-state index in [4.69, 9.17) is 5.73 Å². The molecule has 0 fully saturated rings. The SMILES string of the molecule is CCc1ccc(-c2nc3c(N)cccn3c2C)cc1. The lowest BCUT2D eigenvalue weighted by Gasteiger charge is -2.01. The van der Waals surface area contributed by atoms with Gasteiger partial charge in [-0.05, 0) is 31.0 Å². The lowest BCUT2D eigenvalue weighted by molar-refractivity contribution is 1.11. The highest BCUT2D eigenvalue weighted by Crippen LogP contribution is 2.26. The molecule has 3 nitrogen and oxygen atoms in total. The van der Waals surface area contributed by atoms with Crippen LogP contribution in [0.3, 0.4) is 0 Å². The van der Waals surface area contributed by atoms with Gasteiger partial charge in [0.25, 0.3) is 0 Å². The van der Waals surface area contributed by atoms with Crippen LogP contribution in [0.5, 0.6) is 0 Å². The Labute approximate surface area is 112 Å². The quantitative estimate of drug-likeness (QED) is 0.758. The maximum Gasteiger partial charge on any atom is 0.160 e. The Balaban J connectivity index is 2.19. The van der Waals surface area contributed by atoms with Gasteiger partial charge in [-0.1, -0.05) is 31.2 Å². The molecule has 2 heterocycles. The minimum absolute atomic E-state index is 0.710. The summed E-state index contributed by atoms with van der Waals surface area (Å²) in [6.45, 7) is 4.23. The molecule has 3 aromatic rings. The first-order valence-electron chi connectivity index (χ1n) is 6.53. The fourth-order valence-corrected chi connectivity index (χ4v) is 2.38. The van der Waals surface area contributed by atoms with E-state index in [1.807, 2.05) is 22.7 Å². The molecule has 0 aliphatic heterocycles. The molecule has 0 atom stereocenters.